The summed E-state index contributed by atoms with van der Waals surface area (Å²) < 4.78 is 11.1. The van der Waals surface area contributed by atoms with Crippen LogP contribution in [0.25, 0.3) is 0 Å². The van der Waals surface area contributed by atoms with Crippen molar-refractivity contribution in [2.75, 3.05) is 12.0 Å². The van der Waals surface area contributed by atoms with Gasteiger partial charge in [0.1, 0.15) is 11.7 Å². The van der Waals surface area contributed by atoms with Crippen molar-refractivity contribution >= 4 is 17.6 Å². The predicted octanol–water partition coefficient (Wildman–Crippen LogP) is 3.79. The van der Waals surface area contributed by atoms with Gasteiger partial charge in [-0.05, 0) is 43.2 Å². The summed E-state index contributed by atoms with van der Waals surface area (Å²) in [5.41, 5.74) is 2.28. The second-order valence-electron chi connectivity index (χ2n) is 7.47. The van der Waals surface area contributed by atoms with E-state index < -0.39 is 24.1 Å². The maximum absolute atomic E-state index is 12.7. The zero-order valence-electron chi connectivity index (χ0n) is 18.7. The molecule has 0 fully saturated rings. The number of nitrogens with zero attached hydrogens (tertiary/aromatic N) is 1. The number of methoxy groups -OCH3 is 1. The van der Waals surface area contributed by atoms with Crippen molar-refractivity contribution in [3.05, 3.63) is 72.3 Å². The first-order valence-electron chi connectivity index (χ1n) is 10.5. The average molecular weight is 442 g/mol. The van der Waals surface area contributed by atoms with E-state index in [9.17, 15) is 19.8 Å². The molecule has 0 spiro atoms. The first kappa shape index (κ1) is 25.1. The van der Waals surface area contributed by atoms with Gasteiger partial charge in [-0.15, -0.1) is 0 Å². The number of carbonyl (C=O) groups excluding carboxylic acids is 1. The van der Waals surface area contributed by atoms with Crippen LogP contribution >= 0.6 is 0 Å². The molecule has 0 radical (unpaired) electrons. The van der Waals surface area contributed by atoms with Gasteiger partial charge in [0.2, 0.25) is 0 Å². The standard InChI is InChI=1S/C25H31NO6/c1-5-22(24(17(3)27)25(29)30)32-16-19-9-7-8-10-21(19)26(23(28)6-2)15-18-11-13-20(31-4)14-12-18/h6-14,17,22,24,27H,2,5,15-16H2,1,3-4H3,(H,29,30)/t17-,22?,24-/m1/s1. The van der Waals surface area contributed by atoms with Gasteiger partial charge in [-0.2, -0.15) is 0 Å². The Morgan fingerprint density at radius 2 is 1.81 bits per heavy atom. The maximum atomic E-state index is 12.7. The lowest BCUT2D eigenvalue weighted by molar-refractivity contribution is -0.154. The largest absolute Gasteiger partial charge is 0.497 e. The predicted molar refractivity (Wildman–Crippen MR) is 122 cm³/mol. The maximum Gasteiger partial charge on any atom is 0.311 e. The number of aliphatic hydroxyl groups is 1. The number of benzene rings is 2. The molecule has 3 atom stereocenters. The summed E-state index contributed by atoms with van der Waals surface area (Å²) in [5, 5.41) is 19.4. The Labute approximate surface area is 188 Å². The number of para-hydroxylation sites is 1. The molecule has 7 nitrogen and oxygen atoms in total. The van der Waals surface area contributed by atoms with E-state index in [0.29, 0.717) is 18.7 Å². The van der Waals surface area contributed by atoms with Crippen LogP contribution in [0, 0.1) is 5.92 Å². The molecule has 2 aromatic carbocycles. The molecule has 1 unspecified atom stereocenters. The Morgan fingerprint density at radius 1 is 1.16 bits per heavy atom. The Morgan fingerprint density at radius 3 is 2.34 bits per heavy atom. The highest BCUT2D eigenvalue weighted by atomic mass is 16.5. The summed E-state index contributed by atoms with van der Waals surface area (Å²) >= 11 is 0. The number of carboxylic acids is 1. The van der Waals surface area contributed by atoms with Gasteiger partial charge in [-0.25, -0.2) is 0 Å². The lowest BCUT2D eigenvalue weighted by Crippen LogP contribution is -2.38. The highest BCUT2D eigenvalue weighted by Crippen LogP contribution is 2.26. The summed E-state index contributed by atoms with van der Waals surface area (Å²) in [5.74, 6) is -1.70. The third kappa shape index (κ3) is 6.42. The van der Waals surface area contributed by atoms with Gasteiger partial charge in [-0.1, -0.05) is 43.8 Å². The number of aliphatic hydroxyl groups excluding tert-OH is 1. The molecular weight excluding hydrogens is 410 g/mol. The molecular formula is C25H31NO6. The van der Waals surface area contributed by atoms with E-state index in [1.54, 1.807) is 12.0 Å². The third-order valence-electron chi connectivity index (χ3n) is 5.28. The van der Waals surface area contributed by atoms with Crippen molar-refractivity contribution in [3.63, 3.8) is 0 Å². The summed E-state index contributed by atoms with van der Waals surface area (Å²) in [7, 11) is 1.59. The van der Waals surface area contributed by atoms with Crippen molar-refractivity contribution in [1.29, 1.82) is 0 Å². The highest BCUT2D eigenvalue weighted by Gasteiger charge is 2.32. The summed E-state index contributed by atoms with van der Waals surface area (Å²) in [6.45, 7) is 7.28. The first-order valence-corrected chi connectivity index (χ1v) is 10.5. The van der Waals surface area contributed by atoms with Crippen LogP contribution in [0.1, 0.15) is 31.4 Å². The second-order valence-corrected chi connectivity index (χ2v) is 7.47. The van der Waals surface area contributed by atoms with Gasteiger partial charge in [0.25, 0.3) is 5.91 Å². The summed E-state index contributed by atoms with van der Waals surface area (Å²) in [4.78, 5) is 25.9. The van der Waals surface area contributed by atoms with E-state index in [1.165, 1.54) is 13.0 Å². The van der Waals surface area contributed by atoms with Gasteiger partial charge in [-0.3, -0.25) is 9.59 Å². The van der Waals surface area contributed by atoms with Crippen molar-refractivity contribution < 1.29 is 29.3 Å². The minimum atomic E-state index is -1.11. The fourth-order valence-corrected chi connectivity index (χ4v) is 3.55. The van der Waals surface area contributed by atoms with Crippen molar-refractivity contribution in [3.8, 4) is 5.75 Å². The van der Waals surface area contributed by atoms with Crippen LogP contribution in [0.5, 0.6) is 5.75 Å². The molecule has 1 amide bonds. The van der Waals surface area contributed by atoms with Crippen LogP contribution in [-0.2, 0) is 27.5 Å². The van der Waals surface area contributed by atoms with Crippen molar-refractivity contribution in [1.82, 2.24) is 0 Å². The minimum Gasteiger partial charge on any atom is -0.497 e. The molecule has 172 valence electrons. The molecule has 7 heteroatoms. The van der Waals surface area contributed by atoms with Crippen LogP contribution < -0.4 is 9.64 Å². The van der Waals surface area contributed by atoms with E-state index in [0.717, 1.165) is 16.9 Å². The third-order valence-corrected chi connectivity index (χ3v) is 5.28. The molecule has 0 aliphatic heterocycles. The zero-order chi connectivity index (χ0) is 23.7. The van der Waals surface area contributed by atoms with Gasteiger partial charge >= 0.3 is 5.97 Å². The van der Waals surface area contributed by atoms with Gasteiger partial charge in [0.15, 0.2) is 0 Å². The Hall–Kier alpha value is -3.16. The fraction of sp³-hybridized carbons (Fsp3) is 0.360. The number of carbonyl (C=O) groups is 2. The molecule has 0 aliphatic carbocycles. The van der Waals surface area contributed by atoms with E-state index in [2.05, 4.69) is 6.58 Å². The highest BCUT2D eigenvalue weighted by molar-refractivity contribution is 6.01. The summed E-state index contributed by atoms with van der Waals surface area (Å²) in [6, 6.07) is 14.7. The SMILES string of the molecule is C=CC(=O)N(Cc1ccc(OC)cc1)c1ccccc1COC(CC)[C@H](C(=O)O)[C@@H](C)O. The lowest BCUT2D eigenvalue weighted by Gasteiger charge is -2.27. The first-order chi connectivity index (χ1) is 15.3. The Kier molecular flexibility index (Phi) is 9.43. The molecule has 0 aliphatic rings. The topological polar surface area (TPSA) is 96.3 Å². The van der Waals surface area contributed by atoms with E-state index in [-0.39, 0.29) is 12.5 Å². The molecule has 0 saturated heterocycles. The van der Waals surface area contributed by atoms with Crippen molar-refractivity contribution in [2.24, 2.45) is 5.92 Å². The Balaban J connectivity index is 2.29. The second kappa shape index (κ2) is 12.0. The number of rotatable bonds is 12. The number of carboxylic acid groups (broad SMARTS) is 1. The van der Waals surface area contributed by atoms with E-state index in [1.807, 2.05) is 55.5 Å². The van der Waals surface area contributed by atoms with Crippen LogP contribution in [0.15, 0.2) is 61.2 Å². The summed E-state index contributed by atoms with van der Waals surface area (Å²) in [6.07, 6.45) is -0.0537. The van der Waals surface area contributed by atoms with Gasteiger partial charge < -0.3 is 24.6 Å². The minimum absolute atomic E-state index is 0.0920. The van der Waals surface area contributed by atoms with Crippen molar-refractivity contribution in [2.45, 2.75) is 45.6 Å². The quantitative estimate of drug-likeness (QED) is 0.487. The van der Waals surface area contributed by atoms with Crippen LogP contribution in [0.2, 0.25) is 0 Å². The smallest absolute Gasteiger partial charge is 0.311 e. The monoisotopic (exact) mass is 441 g/mol. The molecule has 0 saturated carbocycles. The molecule has 0 bridgehead atoms. The molecule has 2 N–H and O–H groups in total. The number of amides is 1. The molecule has 0 aromatic heterocycles. The normalized spacial score (nSPS) is 13.6. The van der Waals surface area contributed by atoms with Gasteiger partial charge in [0.05, 0.1) is 32.5 Å². The fourth-order valence-electron chi connectivity index (χ4n) is 3.55. The Bertz CT molecular complexity index is 909. The number of aliphatic carboxylic acids is 1. The average Bonchev–Trinajstić information content (AvgIpc) is 2.79. The van der Waals surface area contributed by atoms with Crippen LogP contribution in [0.4, 0.5) is 5.69 Å². The number of anilines is 1. The molecule has 0 heterocycles. The zero-order valence-corrected chi connectivity index (χ0v) is 18.7. The van der Waals surface area contributed by atoms with Crippen LogP contribution in [0.3, 0.4) is 0 Å². The number of ether oxygens (including phenoxy) is 2. The number of hydrogen-bond donors (Lipinski definition) is 2. The van der Waals surface area contributed by atoms with Crippen LogP contribution in [-0.4, -0.2) is 41.4 Å². The molecule has 2 aromatic rings. The number of hydrogen-bond acceptors (Lipinski definition) is 5. The lowest BCUT2D eigenvalue weighted by atomic mass is 9.95. The molecule has 32 heavy (non-hydrogen) atoms. The molecule has 2 rings (SSSR count). The van der Waals surface area contributed by atoms with E-state index >= 15 is 0 Å². The van der Waals surface area contributed by atoms with Gasteiger partial charge in [0, 0.05) is 11.3 Å². The van der Waals surface area contributed by atoms with E-state index in [4.69, 9.17) is 9.47 Å².